The summed E-state index contributed by atoms with van der Waals surface area (Å²) in [6.45, 7) is 65.6. The number of carbonyl (C=O) groups excluding carboxylic acids is 1. The number of benzene rings is 1. The van der Waals surface area contributed by atoms with Crippen LogP contribution in [0.2, 0.25) is 72.5 Å². The van der Waals surface area contributed by atoms with E-state index in [4.69, 9.17) is 31.9 Å². The van der Waals surface area contributed by atoms with Gasteiger partial charge in [-0.3, -0.25) is 4.79 Å². The van der Waals surface area contributed by atoms with E-state index in [1.54, 1.807) is 7.11 Å². The molecule has 1 aromatic rings. The van der Waals surface area contributed by atoms with Crippen LogP contribution in [0, 0.1) is 11.8 Å². The van der Waals surface area contributed by atoms with E-state index in [9.17, 15) is 0 Å². The zero-order valence-corrected chi connectivity index (χ0v) is 54.0. The molecular formula is C58H108O8Si4. The highest BCUT2D eigenvalue weighted by Gasteiger charge is 2.51. The molecule has 12 heteroatoms. The van der Waals surface area contributed by atoms with Crippen LogP contribution in [0.1, 0.15) is 155 Å². The lowest BCUT2D eigenvalue weighted by molar-refractivity contribution is -0.135. The summed E-state index contributed by atoms with van der Waals surface area (Å²) in [7, 11) is -8.21. The second kappa shape index (κ2) is 24.5. The lowest BCUT2D eigenvalue weighted by atomic mass is 9.85. The van der Waals surface area contributed by atoms with E-state index < -0.39 is 57.2 Å². The fourth-order valence-corrected chi connectivity index (χ4v) is 13.7. The molecule has 0 radical (unpaired) electrons. The summed E-state index contributed by atoms with van der Waals surface area (Å²) >= 11 is 0. The fraction of sp³-hybridized carbons (Fsp3) is 0.776. The van der Waals surface area contributed by atoms with Gasteiger partial charge in [-0.15, -0.1) is 6.58 Å². The van der Waals surface area contributed by atoms with Gasteiger partial charge < -0.3 is 31.9 Å². The summed E-state index contributed by atoms with van der Waals surface area (Å²) in [5.74, 6) is 1.18. The summed E-state index contributed by atoms with van der Waals surface area (Å²) < 4.78 is 48.0. The highest BCUT2D eigenvalue weighted by atomic mass is 28.4. The van der Waals surface area contributed by atoms with Crippen molar-refractivity contribution in [2.45, 2.75) is 271 Å². The molecule has 0 N–H and O–H groups in total. The number of ether oxygens (including phenoxy) is 3. The van der Waals surface area contributed by atoms with Gasteiger partial charge in [-0.25, -0.2) is 0 Å². The van der Waals surface area contributed by atoms with Crippen LogP contribution in [0.5, 0.6) is 5.75 Å². The Balaban J connectivity index is 2.83. The molecule has 0 spiro atoms. The molecule has 70 heavy (non-hydrogen) atoms. The Hall–Kier alpha value is -1.46. The van der Waals surface area contributed by atoms with Crippen molar-refractivity contribution in [1.82, 2.24) is 0 Å². The smallest absolute Gasteiger partial charge is 0.193 e. The summed E-state index contributed by atoms with van der Waals surface area (Å²) in [6, 6.07) is 8.02. The van der Waals surface area contributed by atoms with Crippen LogP contribution >= 0.6 is 0 Å². The number of hydrogen-bond donors (Lipinski definition) is 0. The van der Waals surface area contributed by atoms with Gasteiger partial charge in [-0.1, -0.05) is 133 Å². The van der Waals surface area contributed by atoms with Crippen molar-refractivity contribution in [3.63, 3.8) is 0 Å². The Morgan fingerprint density at radius 1 is 0.729 bits per heavy atom. The normalized spacial score (nSPS) is 20.5. The van der Waals surface area contributed by atoms with E-state index in [-0.39, 0.29) is 56.6 Å². The van der Waals surface area contributed by atoms with Crippen LogP contribution < -0.4 is 4.74 Å². The van der Waals surface area contributed by atoms with Crippen LogP contribution in [-0.2, 0) is 38.6 Å². The largest absolute Gasteiger partial charge is 0.497 e. The molecule has 0 unspecified atom stereocenters. The fourth-order valence-electron chi connectivity index (χ4n) is 8.01. The third-order valence-electron chi connectivity index (χ3n) is 17.0. The van der Waals surface area contributed by atoms with Crippen molar-refractivity contribution in [1.29, 1.82) is 0 Å². The van der Waals surface area contributed by atoms with Gasteiger partial charge in [0, 0.05) is 12.8 Å². The van der Waals surface area contributed by atoms with Crippen LogP contribution in [0.15, 0.2) is 60.7 Å². The minimum atomic E-state index is -2.57. The molecule has 9 atom stereocenters. The average molecular weight is 1050 g/mol. The van der Waals surface area contributed by atoms with Crippen molar-refractivity contribution in [2.75, 3.05) is 7.11 Å². The molecule has 1 aromatic carbocycles. The molecule has 1 heterocycles. The predicted octanol–water partition coefficient (Wildman–Crippen LogP) is 16.8. The van der Waals surface area contributed by atoms with Gasteiger partial charge in [0.05, 0.1) is 43.7 Å². The first-order valence-corrected chi connectivity index (χ1v) is 38.2. The number of rotatable bonds is 28. The van der Waals surface area contributed by atoms with Crippen LogP contribution in [-0.4, -0.2) is 88.4 Å². The van der Waals surface area contributed by atoms with Gasteiger partial charge in [0.25, 0.3) is 0 Å². The van der Waals surface area contributed by atoms with E-state index >= 15 is 4.79 Å². The summed E-state index contributed by atoms with van der Waals surface area (Å²) in [4.78, 5) is 16.0. The molecule has 1 aliphatic heterocycles. The maximum absolute atomic E-state index is 16.0. The molecule has 0 aromatic heterocycles. The topological polar surface area (TPSA) is 85.0 Å². The third-order valence-corrected chi connectivity index (χ3v) is 35.0. The first kappa shape index (κ1) is 64.7. The molecule has 1 aliphatic rings. The minimum absolute atomic E-state index is 0.0329. The average Bonchev–Trinajstić information content (AvgIpc) is 3.93. The molecule has 0 amide bonds. The number of hydrogen-bond acceptors (Lipinski definition) is 8. The molecule has 8 nitrogen and oxygen atoms in total. The van der Waals surface area contributed by atoms with Crippen molar-refractivity contribution >= 4 is 39.1 Å². The van der Waals surface area contributed by atoms with Gasteiger partial charge in [0.1, 0.15) is 18.0 Å². The molecule has 1 fully saturated rings. The molecular weight excluding hydrogens is 937 g/mol. The van der Waals surface area contributed by atoms with Gasteiger partial charge in [0.2, 0.25) is 0 Å². The Kier molecular flexibility index (Phi) is 22.6. The minimum Gasteiger partial charge on any atom is -0.497 e. The van der Waals surface area contributed by atoms with E-state index in [1.807, 2.05) is 30.3 Å². The number of carbonyl (C=O) groups is 1. The molecule has 0 aliphatic carbocycles. The maximum Gasteiger partial charge on any atom is 0.193 e. The summed E-state index contributed by atoms with van der Waals surface area (Å²) in [5.41, 5.74) is 2.49. The highest BCUT2D eigenvalue weighted by Crippen LogP contribution is 2.47. The van der Waals surface area contributed by atoms with Gasteiger partial charge in [-0.05, 0) is 148 Å². The Bertz CT molecular complexity index is 1880. The quantitative estimate of drug-likeness (QED) is 0.0355. The number of methoxy groups -OCH3 is 1. The Morgan fingerprint density at radius 3 is 1.67 bits per heavy atom. The number of allylic oxidation sites excluding steroid dienone is 2. The van der Waals surface area contributed by atoms with E-state index in [0.29, 0.717) is 25.4 Å². The van der Waals surface area contributed by atoms with Crippen molar-refractivity contribution in [3.8, 4) is 5.75 Å². The van der Waals surface area contributed by atoms with E-state index in [0.717, 1.165) is 35.3 Å². The summed E-state index contributed by atoms with van der Waals surface area (Å²) in [6.07, 6.45) is 5.86. The van der Waals surface area contributed by atoms with Crippen molar-refractivity contribution in [3.05, 3.63) is 66.3 Å². The standard InChI is InChI=1S/C58H108O8Si4/c1-29-50-51(62-50)36-42(3)34-41(2)35-44(5)58(19,66-70(27,28)57(16,17)18)39-48(63-67(21,22)54(7,8)9)38-49(59)53(65-69(25,26)56(13,14)15)52(64-68(23,24)55(10,11)12)43(4)37-45(6)61-40-46-30-32-47(60-20)33-31-46/h29-33,35,42-43,45,48,50-53H,1-2,34,36-40H2,3-28H3/b44-35+/t42-,43-,45+,48-,50+,51+,52+,53+,58-/m1/s1. The lowest BCUT2D eigenvalue weighted by Gasteiger charge is -2.48. The van der Waals surface area contributed by atoms with Crippen molar-refractivity contribution < 1.29 is 36.7 Å². The summed E-state index contributed by atoms with van der Waals surface area (Å²) in [5, 5.41) is -0.413. The maximum atomic E-state index is 16.0. The van der Waals surface area contributed by atoms with Crippen molar-refractivity contribution in [2.24, 2.45) is 11.8 Å². The van der Waals surface area contributed by atoms with Gasteiger partial charge in [0.15, 0.2) is 39.1 Å². The third kappa shape index (κ3) is 18.7. The SMILES string of the molecule is C=C[C@@H]1O[C@H]1C[C@H](C)CC(=C)/C=C(\C)[C@@](C)(C[C@@H](CC(=O)[C@H](O[Si](C)(C)C(C)(C)C)[C@@H](O[Si](C)(C)C(C)(C)C)[C@H](C)C[C@H](C)OCc1ccc(OC)cc1)O[Si](C)(C)C(C)(C)C)O[Si](C)(C)C(C)(C)C. The van der Waals surface area contributed by atoms with E-state index in [1.165, 1.54) is 0 Å². The zero-order chi connectivity index (χ0) is 54.4. The van der Waals surface area contributed by atoms with E-state index in [2.05, 4.69) is 189 Å². The first-order chi connectivity index (χ1) is 31.4. The highest BCUT2D eigenvalue weighted by molar-refractivity contribution is 6.75. The molecule has 0 bridgehead atoms. The second-order valence-corrected chi connectivity index (χ2v) is 46.7. The molecule has 0 saturated carbocycles. The van der Waals surface area contributed by atoms with Gasteiger partial charge >= 0.3 is 0 Å². The van der Waals surface area contributed by atoms with Crippen LogP contribution in [0.4, 0.5) is 0 Å². The van der Waals surface area contributed by atoms with Crippen LogP contribution in [0.25, 0.3) is 0 Å². The number of epoxide rings is 1. The molecule has 2 rings (SSSR count). The lowest BCUT2D eigenvalue weighted by Crippen LogP contribution is -2.57. The number of ketones is 1. The van der Waals surface area contributed by atoms with Crippen LogP contribution in [0.3, 0.4) is 0 Å². The predicted molar refractivity (Wildman–Crippen MR) is 308 cm³/mol. The monoisotopic (exact) mass is 1040 g/mol. The molecule has 1 saturated heterocycles. The van der Waals surface area contributed by atoms with Gasteiger partial charge in [-0.2, -0.15) is 0 Å². The number of Topliss-reactive ketones (excluding diaryl/α,β-unsaturated/α-hetero) is 1. The molecule has 404 valence electrons. The Labute approximate surface area is 435 Å². The zero-order valence-electron chi connectivity index (χ0n) is 50.0. The first-order valence-electron chi connectivity index (χ1n) is 26.6. The second-order valence-electron chi connectivity index (χ2n) is 27.7. The Morgan fingerprint density at radius 2 is 1.21 bits per heavy atom.